The monoisotopic (exact) mass is 235 g/mol. The van der Waals surface area contributed by atoms with Gasteiger partial charge in [0.05, 0.1) is 12.1 Å². The van der Waals surface area contributed by atoms with E-state index in [9.17, 15) is 5.11 Å². The first-order valence-corrected chi connectivity index (χ1v) is 6.25. The second-order valence-electron chi connectivity index (χ2n) is 5.73. The number of aliphatic hydroxyl groups excluding tert-OH is 1. The van der Waals surface area contributed by atoms with Crippen LogP contribution in [0.2, 0.25) is 0 Å². The fourth-order valence-electron chi connectivity index (χ4n) is 1.78. The Balaban J connectivity index is 3.16. The summed E-state index contributed by atoms with van der Waals surface area (Å²) in [5, 5.41) is 9.45. The number of hydrogen-bond acceptors (Lipinski definition) is 2. The fraction of sp³-hybridized carbons (Fsp3) is 0.600. The van der Waals surface area contributed by atoms with E-state index in [4.69, 9.17) is 0 Å². The van der Waals surface area contributed by atoms with Gasteiger partial charge in [0.25, 0.3) is 0 Å². The molecule has 0 aliphatic rings. The van der Waals surface area contributed by atoms with Crippen molar-refractivity contribution < 1.29 is 5.11 Å². The molecule has 0 saturated carbocycles. The molecule has 1 N–H and O–H groups in total. The first-order valence-electron chi connectivity index (χ1n) is 6.25. The van der Waals surface area contributed by atoms with E-state index < -0.39 is 0 Å². The lowest BCUT2D eigenvalue weighted by molar-refractivity contribution is 0.216. The van der Waals surface area contributed by atoms with Gasteiger partial charge in [-0.15, -0.1) is 0 Å². The zero-order valence-corrected chi connectivity index (χ0v) is 11.9. The molecule has 0 bridgehead atoms. The van der Waals surface area contributed by atoms with E-state index in [-0.39, 0.29) is 12.1 Å². The predicted octanol–water partition coefficient (Wildman–Crippen LogP) is 3.33. The molecule has 0 aliphatic heterocycles. The van der Waals surface area contributed by atoms with Crippen molar-refractivity contribution in [3.8, 4) is 0 Å². The molecule has 0 fully saturated rings. The summed E-state index contributed by atoms with van der Waals surface area (Å²) in [5.41, 5.74) is 3.56. The summed E-state index contributed by atoms with van der Waals surface area (Å²) < 4.78 is 0. The Morgan fingerprint density at radius 3 is 2.35 bits per heavy atom. The maximum atomic E-state index is 9.45. The molecule has 0 aliphatic carbocycles. The van der Waals surface area contributed by atoms with E-state index >= 15 is 0 Å². The normalized spacial score (nSPS) is 12.0. The zero-order valence-electron chi connectivity index (χ0n) is 11.9. The molecular formula is C15H25NO. The number of aliphatic hydroxyl groups is 1. The molecule has 1 aromatic carbocycles. The molecular weight excluding hydrogens is 210 g/mol. The van der Waals surface area contributed by atoms with Crippen molar-refractivity contribution in [3.05, 3.63) is 29.3 Å². The molecule has 17 heavy (non-hydrogen) atoms. The van der Waals surface area contributed by atoms with Crippen LogP contribution in [-0.2, 0) is 0 Å². The quantitative estimate of drug-likeness (QED) is 0.865. The summed E-state index contributed by atoms with van der Waals surface area (Å²) in [6.45, 7) is 10.8. The lowest BCUT2D eigenvalue weighted by Gasteiger charge is -2.37. The van der Waals surface area contributed by atoms with Crippen LogP contribution >= 0.6 is 0 Å². The highest BCUT2D eigenvalue weighted by Gasteiger charge is 2.24. The maximum Gasteiger partial charge on any atom is 0.0658 e. The largest absolute Gasteiger partial charge is 0.394 e. The Kier molecular flexibility index (Phi) is 4.21. The minimum absolute atomic E-state index is 0.148. The van der Waals surface area contributed by atoms with E-state index in [0.29, 0.717) is 5.92 Å². The summed E-state index contributed by atoms with van der Waals surface area (Å²) in [6.07, 6.45) is 0. The highest BCUT2D eigenvalue weighted by atomic mass is 16.3. The Morgan fingerprint density at radius 2 is 1.88 bits per heavy atom. The van der Waals surface area contributed by atoms with Crippen LogP contribution in [0.5, 0.6) is 0 Å². The average Bonchev–Trinajstić information content (AvgIpc) is 2.28. The predicted molar refractivity (Wildman–Crippen MR) is 74.8 cm³/mol. The Bertz CT molecular complexity index is 383. The van der Waals surface area contributed by atoms with Crippen LogP contribution in [0.4, 0.5) is 5.69 Å². The Morgan fingerprint density at radius 1 is 1.29 bits per heavy atom. The number of rotatable bonds is 4. The molecule has 0 heterocycles. The van der Waals surface area contributed by atoms with Crippen LogP contribution < -0.4 is 4.90 Å². The third-order valence-corrected chi connectivity index (χ3v) is 3.56. The van der Waals surface area contributed by atoms with Crippen molar-refractivity contribution in [2.75, 3.05) is 18.6 Å². The summed E-state index contributed by atoms with van der Waals surface area (Å²) in [7, 11) is 2.04. The summed E-state index contributed by atoms with van der Waals surface area (Å²) in [6, 6.07) is 6.58. The van der Waals surface area contributed by atoms with Gasteiger partial charge in [-0.1, -0.05) is 26.0 Å². The minimum Gasteiger partial charge on any atom is -0.394 e. The second-order valence-corrected chi connectivity index (χ2v) is 5.73. The van der Waals surface area contributed by atoms with Crippen molar-refractivity contribution in [3.63, 3.8) is 0 Å². The number of benzene rings is 1. The minimum atomic E-state index is -0.236. The molecule has 0 spiro atoms. The molecule has 2 heteroatoms. The summed E-state index contributed by atoms with van der Waals surface area (Å²) in [4.78, 5) is 2.16. The molecule has 2 nitrogen and oxygen atoms in total. The fourth-order valence-corrected chi connectivity index (χ4v) is 1.78. The van der Waals surface area contributed by atoms with Crippen LogP contribution in [0, 0.1) is 6.92 Å². The first kappa shape index (κ1) is 14.0. The van der Waals surface area contributed by atoms with E-state index in [1.165, 1.54) is 16.8 Å². The van der Waals surface area contributed by atoms with Crippen LogP contribution in [0.25, 0.3) is 0 Å². The lowest BCUT2D eigenvalue weighted by Crippen LogP contribution is -2.44. The van der Waals surface area contributed by atoms with Crippen molar-refractivity contribution >= 4 is 5.69 Å². The smallest absolute Gasteiger partial charge is 0.0658 e. The van der Waals surface area contributed by atoms with Crippen molar-refractivity contribution in [1.29, 1.82) is 0 Å². The van der Waals surface area contributed by atoms with Gasteiger partial charge in [-0.3, -0.25) is 0 Å². The van der Waals surface area contributed by atoms with Gasteiger partial charge in [0.1, 0.15) is 0 Å². The third-order valence-electron chi connectivity index (χ3n) is 3.56. The molecule has 0 amide bonds. The molecule has 0 atom stereocenters. The van der Waals surface area contributed by atoms with Gasteiger partial charge in [-0.05, 0) is 43.9 Å². The third kappa shape index (κ3) is 3.01. The van der Waals surface area contributed by atoms with Gasteiger partial charge in [0.15, 0.2) is 0 Å². The molecule has 1 rings (SSSR count). The molecule has 96 valence electrons. The second kappa shape index (κ2) is 5.09. The SMILES string of the molecule is Cc1ccc(C(C)C)cc1N(C)C(C)(C)CO. The number of aryl methyl sites for hydroxylation is 1. The van der Waals surface area contributed by atoms with E-state index in [2.05, 4.69) is 57.7 Å². The Hall–Kier alpha value is -1.02. The molecule has 0 unspecified atom stereocenters. The molecule has 0 aromatic heterocycles. The first-order chi connectivity index (χ1) is 7.79. The number of likely N-dealkylation sites (N-methyl/N-ethyl adjacent to an activating group) is 1. The lowest BCUT2D eigenvalue weighted by atomic mass is 9.97. The van der Waals surface area contributed by atoms with Gasteiger partial charge in [-0.2, -0.15) is 0 Å². The highest BCUT2D eigenvalue weighted by Crippen LogP contribution is 2.29. The number of hydrogen-bond donors (Lipinski definition) is 1. The van der Waals surface area contributed by atoms with Crippen molar-refractivity contribution in [2.45, 2.75) is 46.1 Å². The standard InChI is InChI=1S/C15H25NO/c1-11(2)13-8-7-12(3)14(9-13)16(6)15(4,5)10-17/h7-9,11,17H,10H2,1-6H3. The summed E-state index contributed by atoms with van der Waals surface area (Å²) >= 11 is 0. The number of nitrogens with zero attached hydrogens (tertiary/aromatic N) is 1. The van der Waals surface area contributed by atoms with Gasteiger partial charge < -0.3 is 10.0 Å². The van der Waals surface area contributed by atoms with Crippen molar-refractivity contribution in [1.82, 2.24) is 0 Å². The van der Waals surface area contributed by atoms with Gasteiger partial charge in [-0.25, -0.2) is 0 Å². The molecule has 0 saturated heterocycles. The van der Waals surface area contributed by atoms with Crippen LogP contribution in [0.15, 0.2) is 18.2 Å². The zero-order chi connectivity index (χ0) is 13.2. The van der Waals surface area contributed by atoms with E-state index in [1.807, 2.05) is 7.05 Å². The average molecular weight is 235 g/mol. The summed E-state index contributed by atoms with van der Waals surface area (Å²) in [5.74, 6) is 0.528. The van der Waals surface area contributed by atoms with Gasteiger partial charge in [0, 0.05) is 12.7 Å². The van der Waals surface area contributed by atoms with Crippen LogP contribution in [0.3, 0.4) is 0 Å². The highest BCUT2D eigenvalue weighted by molar-refractivity contribution is 5.56. The van der Waals surface area contributed by atoms with Crippen molar-refractivity contribution in [2.24, 2.45) is 0 Å². The maximum absolute atomic E-state index is 9.45. The topological polar surface area (TPSA) is 23.5 Å². The van der Waals surface area contributed by atoms with Gasteiger partial charge in [0.2, 0.25) is 0 Å². The van der Waals surface area contributed by atoms with Gasteiger partial charge >= 0.3 is 0 Å². The van der Waals surface area contributed by atoms with Crippen LogP contribution in [-0.4, -0.2) is 24.3 Å². The molecule has 0 radical (unpaired) electrons. The van der Waals surface area contributed by atoms with E-state index in [0.717, 1.165) is 0 Å². The number of anilines is 1. The molecule has 1 aromatic rings. The van der Waals surface area contributed by atoms with E-state index in [1.54, 1.807) is 0 Å². The van der Waals surface area contributed by atoms with Crippen LogP contribution in [0.1, 0.15) is 44.7 Å². The Labute approximate surface area is 105 Å².